The van der Waals surface area contributed by atoms with Crippen LogP contribution in [0, 0.1) is 0 Å². The van der Waals surface area contributed by atoms with Gasteiger partial charge in [0, 0.05) is 12.1 Å². The first-order valence-electron chi connectivity index (χ1n) is 9.99. The normalized spacial score (nSPS) is 15.3. The Morgan fingerprint density at radius 2 is 1.53 bits per heavy atom. The molecule has 1 aliphatic heterocycles. The third-order valence-corrected chi connectivity index (χ3v) is 5.53. The van der Waals surface area contributed by atoms with Crippen LogP contribution in [0.4, 0.5) is 0 Å². The number of amides is 1. The Labute approximate surface area is 176 Å². The second-order valence-corrected chi connectivity index (χ2v) is 7.27. The van der Waals surface area contributed by atoms with Gasteiger partial charge in [-0.05, 0) is 73.0 Å². The van der Waals surface area contributed by atoms with E-state index in [4.69, 9.17) is 14.2 Å². The maximum absolute atomic E-state index is 13.2. The van der Waals surface area contributed by atoms with Gasteiger partial charge in [0.05, 0.1) is 20.3 Å². The SMILES string of the molecule is COc1cc2c(cc1OC)[C@H](C)N(C(=O)c1ccc(Oc3ccccc3)cc1)CC2. The van der Waals surface area contributed by atoms with Gasteiger partial charge in [-0.25, -0.2) is 0 Å². The van der Waals surface area contributed by atoms with Crippen molar-refractivity contribution in [1.82, 2.24) is 4.90 Å². The van der Waals surface area contributed by atoms with Gasteiger partial charge in [-0.1, -0.05) is 18.2 Å². The smallest absolute Gasteiger partial charge is 0.254 e. The maximum Gasteiger partial charge on any atom is 0.254 e. The minimum atomic E-state index is -0.0544. The largest absolute Gasteiger partial charge is 0.493 e. The van der Waals surface area contributed by atoms with Crippen molar-refractivity contribution in [2.75, 3.05) is 20.8 Å². The van der Waals surface area contributed by atoms with Crippen molar-refractivity contribution in [3.8, 4) is 23.0 Å². The van der Waals surface area contributed by atoms with Crippen LogP contribution in [0.1, 0.15) is 34.5 Å². The summed E-state index contributed by atoms with van der Waals surface area (Å²) in [5.41, 5.74) is 2.93. The summed E-state index contributed by atoms with van der Waals surface area (Å²) in [7, 11) is 3.26. The summed E-state index contributed by atoms with van der Waals surface area (Å²) < 4.78 is 16.7. The van der Waals surface area contributed by atoms with Crippen LogP contribution in [-0.2, 0) is 6.42 Å². The van der Waals surface area contributed by atoms with Gasteiger partial charge in [-0.15, -0.1) is 0 Å². The van der Waals surface area contributed by atoms with Gasteiger partial charge in [0.25, 0.3) is 5.91 Å². The zero-order valence-electron chi connectivity index (χ0n) is 17.4. The van der Waals surface area contributed by atoms with Crippen LogP contribution in [0.2, 0.25) is 0 Å². The van der Waals surface area contributed by atoms with Gasteiger partial charge >= 0.3 is 0 Å². The van der Waals surface area contributed by atoms with Gasteiger partial charge in [0.2, 0.25) is 0 Å². The third kappa shape index (κ3) is 3.83. The number of benzene rings is 3. The maximum atomic E-state index is 13.2. The molecule has 3 aromatic carbocycles. The van der Waals surface area contributed by atoms with Crippen molar-refractivity contribution in [2.45, 2.75) is 19.4 Å². The topological polar surface area (TPSA) is 48.0 Å². The van der Waals surface area contributed by atoms with Crippen LogP contribution in [0.5, 0.6) is 23.0 Å². The highest BCUT2D eigenvalue weighted by atomic mass is 16.5. The molecule has 1 amide bonds. The van der Waals surface area contributed by atoms with Crippen LogP contribution in [0.3, 0.4) is 0 Å². The van der Waals surface area contributed by atoms with Gasteiger partial charge in [-0.2, -0.15) is 0 Å². The van der Waals surface area contributed by atoms with E-state index < -0.39 is 0 Å². The monoisotopic (exact) mass is 403 g/mol. The fraction of sp³-hybridized carbons (Fsp3) is 0.240. The van der Waals surface area contributed by atoms with Crippen molar-refractivity contribution in [3.05, 3.63) is 83.4 Å². The van der Waals surface area contributed by atoms with Crippen molar-refractivity contribution >= 4 is 5.91 Å². The summed E-state index contributed by atoms with van der Waals surface area (Å²) in [4.78, 5) is 15.1. The number of nitrogens with zero attached hydrogens (tertiary/aromatic N) is 1. The molecule has 0 N–H and O–H groups in total. The molecule has 5 nitrogen and oxygen atoms in total. The molecule has 154 valence electrons. The lowest BCUT2D eigenvalue weighted by atomic mass is 9.92. The number of rotatable bonds is 5. The molecule has 1 heterocycles. The summed E-state index contributed by atoms with van der Waals surface area (Å²) in [6.45, 7) is 2.71. The van der Waals surface area contributed by atoms with Crippen molar-refractivity contribution < 1.29 is 19.0 Å². The molecule has 0 saturated heterocycles. The highest BCUT2D eigenvalue weighted by Gasteiger charge is 2.29. The van der Waals surface area contributed by atoms with E-state index in [9.17, 15) is 4.79 Å². The summed E-state index contributed by atoms with van der Waals surface area (Å²) >= 11 is 0. The van der Waals surface area contributed by atoms with Crippen LogP contribution in [0.15, 0.2) is 66.7 Å². The number of ether oxygens (including phenoxy) is 3. The summed E-state index contributed by atoms with van der Waals surface area (Å²) in [6, 6.07) is 20.8. The van der Waals surface area contributed by atoms with E-state index >= 15 is 0 Å². The summed E-state index contributed by atoms with van der Waals surface area (Å²) in [6.07, 6.45) is 0.779. The predicted octanol–water partition coefficient (Wildman–Crippen LogP) is 5.26. The van der Waals surface area contributed by atoms with Crippen LogP contribution in [0.25, 0.3) is 0 Å². The van der Waals surface area contributed by atoms with E-state index in [1.165, 1.54) is 5.56 Å². The Balaban J connectivity index is 1.52. The van der Waals surface area contributed by atoms with Crippen molar-refractivity contribution in [1.29, 1.82) is 0 Å². The zero-order valence-corrected chi connectivity index (χ0v) is 17.4. The van der Waals surface area contributed by atoms with Crippen molar-refractivity contribution in [2.24, 2.45) is 0 Å². The fourth-order valence-electron chi connectivity index (χ4n) is 3.88. The molecule has 0 spiro atoms. The van der Waals surface area contributed by atoms with E-state index in [2.05, 4.69) is 6.92 Å². The fourth-order valence-corrected chi connectivity index (χ4v) is 3.88. The Bertz CT molecular complexity index is 1030. The zero-order chi connectivity index (χ0) is 21.1. The molecule has 0 fully saturated rings. The number of hydrogen-bond acceptors (Lipinski definition) is 4. The standard InChI is InChI=1S/C25H25NO4/c1-17-22-16-24(29-3)23(28-2)15-19(22)13-14-26(17)25(27)18-9-11-21(12-10-18)30-20-7-5-4-6-8-20/h4-12,15-17H,13-14H2,1-3H3/t17-/m0/s1. The average molecular weight is 403 g/mol. The number of carbonyl (C=O) groups is 1. The Morgan fingerprint density at radius 3 is 2.20 bits per heavy atom. The molecular formula is C25H25NO4. The van der Waals surface area contributed by atoms with E-state index in [1.807, 2.05) is 71.6 Å². The van der Waals surface area contributed by atoms with E-state index in [-0.39, 0.29) is 11.9 Å². The Morgan fingerprint density at radius 1 is 0.900 bits per heavy atom. The van der Waals surface area contributed by atoms with Gasteiger partial charge in [-0.3, -0.25) is 4.79 Å². The molecular weight excluding hydrogens is 378 g/mol. The molecule has 4 rings (SSSR count). The minimum Gasteiger partial charge on any atom is -0.493 e. The molecule has 0 aromatic heterocycles. The number of para-hydroxylation sites is 1. The molecule has 3 aromatic rings. The van der Waals surface area contributed by atoms with Gasteiger partial charge < -0.3 is 19.1 Å². The van der Waals surface area contributed by atoms with Crippen LogP contribution >= 0.6 is 0 Å². The molecule has 5 heteroatoms. The lowest BCUT2D eigenvalue weighted by Crippen LogP contribution is -2.38. The second kappa shape index (κ2) is 8.49. The highest BCUT2D eigenvalue weighted by molar-refractivity contribution is 5.94. The first-order valence-corrected chi connectivity index (χ1v) is 9.99. The number of carbonyl (C=O) groups excluding carboxylic acids is 1. The molecule has 0 saturated carbocycles. The number of methoxy groups -OCH3 is 2. The summed E-state index contributed by atoms with van der Waals surface area (Å²) in [5.74, 6) is 2.88. The predicted molar refractivity (Wildman–Crippen MR) is 116 cm³/mol. The van der Waals surface area contributed by atoms with Crippen LogP contribution < -0.4 is 14.2 Å². The highest BCUT2D eigenvalue weighted by Crippen LogP contribution is 2.38. The molecule has 0 unspecified atom stereocenters. The van der Waals surface area contributed by atoms with E-state index in [0.717, 1.165) is 23.5 Å². The average Bonchev–Trinajstić information content (AvgIpc) is 2.79. The lowest BCUT2D eigenvalue weighted by Gasteiger charge is -2.36. The van der Waals surface area contributed by atoms with E-state index in [0.29, 0.717) is 23.6 Å². The Kier molecular flexibility index (Phi) is 5.61. The van der Waals surface area contributed by atoms with Gasteiger partial charge in [0.1, 0.15) is 11.5 Å². The molecule has 0 aliphatic carbocycles. The minimum absolute atomic E-state index is 0.00851. The molecule has 0 bridgehead atoms. The lowest BCUT2D eigenvalue weighted by molar-refractivity contribution is 0.0677. The molecule has 1 aliphatic rings. The first kappa shape index (κ1) is 19.8. The van der Waals surface area contributed by atoms with Gasteiger partial charge in [0.15, 0.2) is 11.5 Å². The first-order chi connectivity index (χ1) is 14.6. The molecule has 30 heavy (non-hydrogen) atoms. The number of fused-ring (bicyclic) bond motifs is 1. The van der Waals surface area contributed by atoms with Crippen LogP contribution in [-0.4, -0.2) is 31.6 Å². The summed E-state index contributed by atoms with van der Waals surface area (Å²) in [5, 5.41) is 0. The molecule has 1 atom stereocenters. The quantitative estimate of drug-likeness (QED) is 0.583. The number of hydrogen-bond donors (Lipinski definition) is 0. The second-order valence-electron chi connectivity index (χ2n) is 7.27. The van der Waals surface area contributed by atoms with E-state index in [1.54, 1.807) is 14.2 Å². The molecule has 0 radical (unpaired) electrons. The third-order valence-electron chi connectivity index (χ3n) is 5.53. The Hall–Kier alpha value is -3.47. The van der Waals surface area contributed by atoms with Crippen molar-refractivity contribution in [3.63, 3.8) is 0 Å².